The molecule has 98 valence electrons. The Labute approximate surface area is 113 Å². The van der Waals surface area contributed by atoms with Crippen LogP contribution in [0, 0.1) is 6.92 Å². The van der Waals surface area contributed by atoms with Gasteiger partial charge in [-0.2, -0.15) is 0 Å². The normalized spacial score (nSPS) is 17.9. The van der Waals surface area contributed by atoms with Gasteiger partial charge in [0.2, 0.25) is 0 Å². The summed E-state index contributed by atoms with van der Waals surface area (Å²) in [5.74, 6) is -1.39. The van der Waals surface area contributed by atoms with E-state index in [1.54, 1.807) is 6.92 Å². The molecule has 18 heavy (non-hydrogen) atoms. The number of hydrogen-bond donors (Lipinski definition) is 3. The molecule has 1 fully saturated rings. The monoisotopic (exact) mass is 314 g/mol. The average Bonchev–Trinajstić information content (AvgIpc) is 2.76. The number of benzene rings is 1. The first-order valence-electron chi connectivity index (χ1n) is 5.85. The highest BCUT2D eigenvalue weighted by Crippen LogP contribution is 2.49. The lowest BCUT2D eigenvalue weighted by Gasteiger charge is -2.28. The first-order valence-corrected chi connectivity index (χ1v) is 6.64. The Morgan fingerprint density at radius 2 is 1.89 bits per heavy atom. The summed E-state index contributed by atoms with van der Waals surface area (Å²) in [5.41, 5.74) is 0.318. The molecule has 0 heterocycles. The highest BCUT2D eigenvalue weighted by Gasteiger charge is 2.45. The lowest BCUT2D eigenvalue weighted by atomic mass is 9.76. The lowest BCUT2D eigenvalue weighted by Crippen LogP contribution is -2.33. The van der Waals surface area contributed by atoms with Crippen LogP contribution in [0.2, 0.25) is 0 Å². The smallest absolute Gasteiger partial charge is 0.314 e. The molecule has 0 radical (unpaired) electrons. The standard InChI is InChI=1S/C13H15BrO4/c1-7-6-8(15)11(16)10(14)9(7)13(12(17)18)4-2-3-5-13/h6,15-16H,2-5H2,1H3,(H,17,18). The van der Waals surface area contributed by atoms with Gasteiger partial charge in [0.1, 0.15) is 0 Å². The second-order valence-electron chi connectivity index (χ2n) is 4.84. The molecule has 1 aliphatic rings. The minimum atomic E-state index is -0.950. The minimum Gasteiger partial charge on any atom is -0.504 e. The first-order chi connectivity index (χ1) is 8.40. The molecule has 0 aromatic heterocycles. The second kappa shape index (κ2) is 4.46. The highest BCUT2D eigenvalue weighted by molar-refractivity contribution is 9.10. The van der Waals surface area contributed by atoms with E-state index < -0.39 is 11.4 Å². The molecule has 1 saturated carbocycles. The number of phenols is 2. The Morgan fingerprint density at radius 1 is 1.33 bits per heavy atom. The molecule has 0 amide bonds. The summed E-state index contributed by atoms with van der Waals surface area (Å²) in [7, 11) is 0. The van der Waals surface area contributed by atoms with Gasteiger partial charge in [-0.3, -0.25) is 4.79 Å². The Hall–Kier alpha value is -1.23. The quantitative estimate of drug-likeness (QED) is 0.733. The summed E-state index contributed by atoms with van der Waals surface area (Å²) in [6.45, 7) is 1.75. The summed E-state index contributed by atoms with van der Waals surface area (Å²) >= 11 is 3.22. The fourth-order valence-corrected chi connectivity index (χ4v) is 3.78. The van der Waals surface area contributed by atoms with Gasteiger partial charge in [0.25, 0.3) is 0 Å². The maximum absolute atomic E-state index is 11.7. The van der Waals surface area contributed by atoms with E-state index in [-0.39, 0.29) is 11.5 Å². The van der Waals surface area contributed by atoms with Crippen LogP contribution in [0.4, 0.5) is 0 Å². The fourth-order valence-electron chi connectivity index (χ4n) is 2.89. The molecule has 0 bridgehead atoms. The van der Waals surface area contributed by atoms with Crippen LogP contribution in [0.3, 0.4) is 0 Å². The van der Waals surface area contributed by atoms with Gasteiger partial charge in [0.05, 0.1) is 9.89 Å². The van der Waals surface area contributed by atoms with Crippen molar-refractivity contribution >= 4 is 21.9 Å². The van der Waals surface area contributed by atoms with Gasteiger partial charge in [0, 0.05) is 0 Å². The van der Waals surface area contributed by atoms with Crippen molar-refractivity contribution in [2.24, 2.45) is 0 Å². The number of aryl methyl sites for hydroxylation is 1. The second-order valence-corrected chi connectivity index (χ2v) is 5.64. The first kappa shape index (κ1) is 13.2. The van der Waals surface area contributed by atoms with Gasteiger partial charge in [-0.05, 0) is 52.9 Å². The Kier molecular flexibility index (Phi) is 3.27. The van der Waals surface area contributed by atoms with Gasteiger partial charge in [-0.25, -0.2) is 0 Å². The van der Waals surface area contributed by atoms with Crippen LogP contribution in [0.15, 0.2) is 10.5 Å². The van der Waals surface area contributed by atoms with Crippen molar-refractivity contribution in [2.45, 2.75) is 38.0 Å². The van der Waals surface area contributed by atoms with Gasteiger partial charge in [-0.15, -0.1) is 0 Å². The minimum absolute atomic E-state index is 0.235. The van der Waals surface area contributed by atoms with Crippen LogP contribution in [0.1, 0.15) is 36.8 Å². The van der Waals surface area contributed by atoms with E-state index in [0.29, 0.717) is 28.4 Å². The topological polar surface area (TPSA) is 77.8 Å². The maximum Gasteiger partial charge on any atom is 0.314 e. The van der Waals surface area contributed by atoms with Gasteiger partial charge < -0.3 is 15.3 Å². The summed E-state index contributed by atoms with van der Waals surface area (Å²) in [4.78, 5) is 11.7. The number of carbonyl (C=O) groups is 1. The molecular formula is C13H15BrO4. The largest absolute Gasteiger partial charge is 0.504 e. The van der Waals surface area contributed by atoms with Crippen LogP contribution in [-0.2, 0) is 10.2 Å². The van der Waals surface area contributed by atoms with Gasteiger partial charge in [-0.1, -0.05) is 12.8 Å². The van der Waals surface area contributed by atoms with Crippen molar-refractivity contribution < 1.29 is 20.1 Å². The van der Waals surface area contributed by atoms with Crippen molar-refractivity contribution in [1.29, 1.82) is 0 Å². The van der Waals surface area contributed by atoms with E-state index in [4.69, 9.17) is 0 Å². The van der Waals surface area contributed by atoms with Gasteiger partial charge >= 0.3 is 5.97 Å². The molecule has 2 rings (SSSR count). The fraction of sp³-hybridized carbons (Fsp3) is 0.462. The zero-order chi connectivity index (χ0) is 13.5. The number of carboxylic acids is 1. The molecule has 3 N–H and O–H groups in total. The third-order valence-corrected chi connectivity index (χ3v) is 4.53. The van der Waals surface area contributed by atoms with Crippen molar-refractivity contribution in [3.63, 3.8) is 0 Å². The molecule has 0 aliphatic heterocycles. The number of hydrogen-bond acceptors (Lipinski definition) is 3. The van der Waals surface area contributed by atoms with Crippen LogP contribution in [0.5, 0.6) is 11.5 Å². The zero-order valence-electron chi connectivity index (χ0n) is 10.0. The van der Waals surface area contributed by atoms with E-state index in [0.717, 1.165) is 12.8 Å². The third-order valence-electron chi connectivity index (χ3n) is 3.76. The van der Waals surface area contributed by atoms with E-state index in [1.807, 2.05) is 0 Å². The number of rotatable bonds is 2. The third kappa shape index (κ3) is 1.77. The van der Waals surface area contributed by atoms with Crippen molar-refractivity contribution in [3.8, 4) is 11.5 Å². The van der Waals surface area contributed by atoms with E-state index in [9.17, 15) is 20.1 Å². The van der Waals surface area contributed by atoms with Crippen LogP contribution in [0.25, 0.3) is 0 Å². The van der Waals surface area contributed by atoms with Crippen molar-refractivity contribution in [2.75, 3.05) is 0 Å². The molecule has 1 aliphatic carbocycles. The van der Waals surface area contributed by atoms with E-state index >= 15 is 0 Å². The summed E-state index contributed by atoms with van der Waals surface area (Å²) in [6, 6.07) is 1.42. The molecular weight excluding hydrogens is 300 g/mol. The van der Waals surface area contributed by atoms with E-state index in [2.05, 4.69) is 15.9 Å². The Balaban J connectivity index is 2.70. The number of aromatic hydroxyl groups is 2. The molecule has 0 atom stereocenters. The average molecular weight is 315 g/mol. The lowest BCUT2D eigenvalue weighted by molar-refractivity contribution is -0.143. The molecule has 0 unspecified atom stereocenters. The molecule has 5 heteroatoms. The molecule has 4 nitrogen and oxygen atoms in total. The number of aliphatic carboxylic acids is 1. The maximum atomic E-state index is 11.7. The molecule has 1 aromatic carbocycles. The Bertz CT molecular complexity index is 504. The summed E-state index contributed by atoms with van der Waals surface area (Å²) in [5, 5.41) is 28.9. The molecule has 1 aromatic rings. The zero-order valence-corrected chi connectivity index (χ0v) is 11.6. The predicted molar refractivity (Wildman–Crippen MR) is 70.0 cm³/mol. The SMILES string of the molecule is Cc1cc(O)c(O)c(Br)c1C1(C(=O)O)CCCC1. The number of carboxylic acid groups (broad SMARTS) is 1. The highest BCUT2D eigenvalue weighted by atomic mass is 79.9. The van der Waals surface area contributed by atoms with Crippen LogP contribution < -0.4 is 0 Å². The predicted octanol–water partition coefficient (Wildman–Crippen LogP) is 3.07. The van der Waals surface area contributed by atoms with Crippen molar-refractivity contribution in [3.05, 3.63) is 21.7 Å². The van der Waals surface area contributed by atoms with Crippen molar-refractivity contribution in [1.82, 2.24) is 0 Å². The molecule has 0 saturated heterocycles. The van der Waals surface area contributed by atoms with E-state index in [1.165, 1.54) is 6.07 Å². The molecule has 0 spiro atoms. The van der Waals surface area contributed by atoms with Gasteiger partial charge in [0.15, 0.2) is 11.5 Å². The number of halogens is 1. The van der Waals surface area contributed by atoms with Crippen LogP contribution in [-0.4, -0.2) is 21.3 Å². The Morgan fingerprint density at radius 3 is 2.39 bits per heavy atom. The summed E-state index contributed by atoms with van der Waals surface area (Å²) < 4.78 is 0.296. The van der Waals surface area contributed by atoms with Crippen LogP contribution >= 0.6 is 15.9 Å². The summed E-state index contributed by atoms with van der Waals surface area (Å²) in [6.07, 6.45) is 2.84. The number of phenolic OH excluding ortho intramolecular Hbond substituents is 2.